The fourth-order valence-corrected chi connectivity index (χ4v) is 2.07. The van der Waals surface area contributed by atoms with Crippen LogP contribution in [0.1, 0.15) is 44.9 Å². The summed E-state index contributed by atoms with van der Waals surface area (Å²) < 4.78 is 0. The van der Waals surface area contributed by atoms with E-state index in [-0.39, 0.29) is 5.91 Å². The molecule has 0 fully saturated rings. The van der Waals surface area contributed by atoms with Crippen LogP contribution in [0.4, 0.5) is 0 Å². The summed E-state index contributed by atoms with van der Waals surface area (Å²) in [6.45, 7) is 2.64. The lowest BCUT2D eigenvalue weighted by molar-refractivity contribution is -0.121. The molecule has 2 rings (SSSR count). The fraction of sp³-hybridized carbons (Fsp3) is 0.467. The maximum Gasteiger partial charge on any atom is 0.220 e. The fourth-order valence-electron chi connectivity index (χ4n) is 2.07. The highest BCUT2D eigenvalue weighted by atomic mass is 16.1. The second kappa shape index (κ2) is 6.92. The van der Waals surface area contributed by atoms with Crippen LogP contribution in [0, 0.1) is 0 Å². The van der Waals surface area contributed by atoms with Gasteiger partial charge in [-0.15, -0.1) is 0 Å². The van der Waals surface area contributed by atoms with Crippen LogP contribution in [0.15, 0.2) is 24.3 Å². The number of carbonyl (C=O) groups is 1. The smallest absolute Gasteiger partial charge is 0.220 e. The topological polar surface area (TPSA) is 57.8 Å². The van der Waals surface area contributed by atoms with Crippen LogP contribution < -0.4 is 5.32 Å². The second-order valence-electron chi connectivity index (χ2n) is 4.79. The zero-order chi connectivity index (χ0) is 13.5. The molecular formula is C15H21N3O. The molecule has 0 radical (unpaired) electrons. The maximum absolute atomic E-state index is 11.6. The van der Waals surface area contributed by atoms with E-state index in [1.165, 1.54) is 12.8 Å². The number of nitrogens with one attached hydrogen (secondary N) is 2. The third kappa shape index (κ3) is 4.09. The van der Waals surface area contributed by atoms with Gasteiger partial charge in [0.2, 0.25) is 5.91 Å². The molecule has 2 aromatic rings. The number of rotatable bonds is 7. The van der Waals surface area contributed by atoms with Crippen LogP contribution in [-0.4, -0.2) is 15.9 Å². The first-order valence-corrected chi connectivity index (χ1v) is 7.00. The first kappa shape index (κ1) is 13.6. The Morgan fingerprint density at radius 1 is 1.26 bits per heavy atom. The molecule has 0 atom stereocenters. The SMILES string of the molecule is CCCCCCC(=O)NCc1nc2ccccc2[nH]1. The van der Waals surface area contributed by atoms with E-state index in [4.69, 9.17) is 0 Å². The Labute approximate surface area is 113 Å². The van der Waals surface area contributed by atoms with Crippen molar-refractivity contribution < 1.29 is 4.79 Å². The molecule has 19 heavy (non-hydrogen) atoms. The number of aromatic amines is 1. The standard InChI is InChI=1S/C15H21N3O/c1-2-3-4-5-10-15(19)16-11-14-17-12-8-6-7-9-13(12)18-14/h6-9H,2-5,10-11H2,1H3,(H,16,19)(H,17,18). The minimum atomic E-state index is 0.108. The van der Waals surface area contributed by atoms with Gasteiger partial charge in [-0.3, -0.25) is 4.79 Å². The van der Waals surface area contributed by atoms with Gasteiger partial charge in [0.05, 0.1) is 17.6 Å². The van der Waals surface area contributed by atoms with E-state index in [0.717, 1.165) is 29.7 Å². The normalized spacial score (nSPS) is 10.8. The molecule has 1 aromatic carbocycles. The van der Waals surface area contributed by atoms with Gasteiger partial charge in [-0.25, -0.2) is 4.98 Å². The molecule has 1 aromatic heterocycles. The van der Waals surface area contributed by atoms with E-state index >= 15 is 0 Å². The summed E-state index contributed by atoms with van der Waals surface area (Å²) in [5.41, 5.74) is 1.95. The molecule has 1 heterocycles. The molecule has 102 valence electrons. The predicted octanol–water partition coefficient (Wildman–Crippen LogP) is 3.15. The van der Waals surface area contributed by atoms with Gasteiger partial charge in [-0.05, 0) is 18.6 Å². The number of hydrogen-bond donors (Lipinski definition) is 2. The van der Waals surface area contributed by atoms with E-state index in [0.29, 0.717) is 13.0 Å². The zero-order valence-corrected chi connectivity index (χ0v) is 11.4. The number of amides is 1. The number of nitrogens with zero attached hydrogens (tertiary/aromatic N) is 1. The number of imidazole rings is 1. The van der Waals surface area contributed by atoms with Gasteiger partial charge < -0.3 is 10.3 Å². The summed E-state index contributed by atoms with van der Waals surface area (Å²) in [5.74, 6) is 0.916. The molecule has 1 amide bonds. The van der Waals surface area contributed by atoms with Crippen LogP contribution in [0.5, 0.6) is 0 Å². The van der Waals surface area contributed by atoms with E-state index in [9.17, 15) is 4.79 Å². The van der Waals surface area contributed by atoms with Crippen LogP contribution in [-0.2, 0) is 11.3 Å². The molecule has 0 bridgehead atoms. The number of benzene rings is 1. The molecule has 4 heteroatoms. The van der Waals surface area contributed by atoms with Gasteiger partial charge >= 0.3 is 0 Å². The molecule has 0 aliphatic rings. The van der Waals surface area contributed by atoms with Crippen molar-refractivity contribution in [2.45, 2.75) is 45.6 Å². The van der Waals surface area contributed by atoms with Crippen molar-refractivity contribution in [1.82, 2.24) is 15.3 Å². The number of fused-ring (bicyclic) bond motifs is 1. The number of unbranched alkanes of at least 4 members (excludes halogenated alkanes) is 3. The van der Waals surface area contributed by atoms with Crippen molar-refractivity contribution in [3.63, 3.8) is 0 Å². The van der Waals surface area contributed by atoms with E-state index < -0.39 is 0 Å². The van der Waals surface area contributed by atoms with Crippen molar-refractivity contribution in [2.24, 2.45) is 0 Å². The van der Waals surface area contributed by atoms with E-state index in [1.807, 2.05) is 24.3 Å². The highest BCUT2D eigenvalue weighted by Gasteiger charge is 2.04. The Kier molecular flexibility index (Phi) is 4.95. The van der Waals surface area contributed by atoms with Gasteiger partial charge in [0, 0.05) is 6.42 Å². The molecule has 0 saturated carbocycles. The van der Waals surface area contributed by atoms with Crippen LogP contribution in [0.3, 0.4) is 0 Å². The molecule has 4 nitrogen and oxygen atoms in total. The minimum Gasteiger partial charge on any atom is -0.349 e. The lowest BCUT2D eigenvalue weighted by atomic mass is 10.1. The molecular weight excluding hydrogens is 238 g/mol. The Balaban J connectivity index is 1.77. The lowest BCUT2D eigenvalue weighted by Crippen LogP contribution is -2.22. The lowest BCUT2D eigenvalue weighted by Gasteiger charge is -2.02. The Morgan fingerprint density at radius 2 is 2.11 bits per heavy atom. The third-order valence-corrected chi connectivity index (χ3v) is 3.15. The van der Waals surface area contributed by atoms with E-state index in [2.05, 4.69) is 22.2 Å². The number of H-pyrrole nitrogens is 1. The summed E-state index contributed by atoms with van der Waals surface area (Å²) in [5, 5.41) is 2.90. The molecule has 0 aliphatic heterocycles. The molecule has 0 saturated heterocycles. The Bertz CT molecular complexity index is 500. The highest BCUT2D eigenvalue weighted by Crippen LogP contribution is 2.10. The molecule has 2 N–H and O–H groups in total. The summed E-state index contributed by atoms with van der Waals surface area (Å²) in [6.07, 6.45) is 5.12. The van der Waals surface area contributed by atoms with Gasteiger partial charge in [-0.1, -0.05) is 38.3 Å². The van der Waals surface area contributed by atoms with Crippen molar-refractivity contribution in [1.29, 1.82) is 0 Å². The quantitative estimate of drug-likeness (QED) is 0.750. The zero-order valence-electron chi connectivity index (χ0n) is 11.4. The van der Waals surface area contributed by atoms with Crippen LogP contribution in [0.25, 0.3) is 11.0 Å². The number of para-hydroxylation sites is 2. The highest BCUT2D eigenvalue weighted by molar-refractivity contribution is 5.76. The second-order valence-corrected chi connectivity index (χ2v) is 4.79. The molecule has 0 spiro atoms. The number of carbonyl (C=O) groups excluding carboxylic acids is 1. The predicted molar refractivity (Wildman–Crippen MR) is 76.7 cm³/mol. The van der Waals surface area contributed by atoms with Crippen molar-refractivity contribution >= 4 is 16.9 Å². The van der Waals surface area contributed by atoms with E-state index in [1.54, 1.807) is 0 Å². The number of aromatic nitrogens is 2. The maximum atomic E-state index is 11.6. The Hall–Kier alpha value is -1.84. The monoisotopic (exact) mass is 259 g/mol. The largest absolute Gasteiger partial charge is 0.349 e. The summed E-state index contributed by atoms with van der Waals surface area (Å²) in [7, 11) is 0. The molecule has 0 unspecified atom stereocenters. The summed E-state index contributed by atoms with van der Waals surface area (Å²) >= 11 is 0. The number of hydrogen-bond acceptors (Lipinski definition) is 2. The van der Waals surface area contributed by atoms with Gasteiger partial charge in [0.15, 0.2) is 0 Å². The minimum absolute atomic E-state index is 0.108. The van der Waals surface area contributed by atoms with Crippen LogP contribution >= 0.6 is 0 Å². The van der Waals surface area contributed by atoms with Gasteiger partial charge in [0.1, 0.15) is 5.82 Å². The molecule has 0 aliphatic carbocycles. The summed E-state index contributed by atoms with van der Waals surface area (Å²) in [6, 6.07) is 7.87. The van der Waals surface area contributed by atoms with Gasteiger partial charge in [0.25, 0.3) is 0 Å². The van der Waals surface area contributed by atoms with Crippen molar-refractivity contribution in [2.75, 3.05) is 0 Å². The Morgan fingerprint density at radius 3 is 2.89 bits per heavy atom. The average Bonchev–Trinajstić information content (AvgIpc) is 2.84. The van der Waals surface area contributed by atoms with Gasteiger partial charge in [-0.2, -0.15) is 0 Å². The summed E-state index contributed by atoms with van der Waals surface area (Å²) in [4.78, 5) is 19.3. The average molecular weight is 259 g/mol. The first-order valence-electron chi connectivity index (χ1n) is 7.00. The first-order chi connectivity index (χ1) is 9.29. The third-order valence-electron chi connectivity index (χ3n) is 3.15. The van der Waals surface area contributed by atoms with Crippen LogP contribution in [0.2, 0.25) is 0 Å². The van der Waals surface area contributed by atoms with Crippen molar-refractivity contribution in [3.8, 4) is 0 Å². The van der Waals surface area contributed by atoms with Crippen molar-refractivity contribution in [3.05, 3.63) is 30.1 Å².